The van der Waals surface area contributed by atoms with E-state index in [0.29, 0.717) is 17.0 Å². The van der Waals surface area contributed by atoms with Crippen molar-refractivity contribution in [3.05, 3.63) is 69.1 Å². The monoisotopic (exact) mass is 359 g/mol. The van der Waals surface area contributed by atoms with Crippen LogP contribution < -0.4 is 5.32 Å². The number of halogens is 1. The molecule has 0 aliphatic carbocycles. The van der Waals surface area contributed by atoms with Crippen LogP contribution in [0.4, 0.5) is 0 Å². The standard InChI is InChI=1S/C18H18ClN3OS/c1-3-16-15(18(23)21-12(2)17-8-5-9-24-17)11-20-22(16)14-7-4-6-13(19)10-14/h4-12H,3H2,1-2H3,(H,21,23). The van der Waals surface area contributed by atoms with Gasteiger partial charge in [0.15, 0.2) is 0 Å². The van der Waals surface area contributed by atoms with Crippen molar-refractivity contribution in [2.45, 2.75) is 26.3 Å². The molecule has 1 aromatic carbocycles. The van der Waals surface area contributed by atoms with Crippen molar-refractivity contribution in [1.29, 1.82) is 0 Å². The summed E-state index contributed by atoms with van der Waals surface area (Å²) in [7, 11) is 0. The molecule has 2 aromatic heterocycles. The van der Waals surface area contributed by atoms with E-state index in [1.807, 2.05) is 55.6 Å². The van der Waals surface area contributed by atoms with Crippen LogP contribution in [0.5, 0.6) is 0 Å². The number of aromatic nitrogens is 2. The Morgan fingerprint density at radius 1 is 1.38 bits per heavy atom. The number of thiophene rings is 1. The Balaban J connectivity index is 1.87. The number of hydrogen-bond acceptors (Lipinski definition) is 3. The van der Waals surface area contributed by atoms with Crippen LogP contribution in [-0.2, 0) is 6.42 Å². The van der Waals surface area contributed by atoms with Gasteiger partial charge in [-0.15, -0.1) is 11.3 Å². The minimum Gasteiger partial charge on any atom is -0.345 e. The third kappa shape index (κ3) is 3.37. The first kappa shape index (κ1) is 16.7. The van der Waals surface area contributed by atoms with Crippen LogP contribution in [0.3, 0.4) is 0 Å². The number of carbonyl (C=O) groups excluding carboxylic acids is 1. The number of carbonyl (C=O) groups is 1. The van der Waals surface area contributed by atoms with E-state index in [-0.39, 0.29) is 11.9 Å². The molecule has 124 valence electrons. The van der Waals surface area contributed by atoms with Crippen LogP contribution in [0.15, 0.2) is 48.0 Å². The van der Waals surface area contributed by atoms with E-state index in [2.05, 4.69) is 10.4 Å². The predicted molar refractivity (Wildman–Crippen MR) is 98.2 cm³/mol. The first-order valence-electron chi connectivity index (χ1n) is 7.77. The summed E-state index contributed by atoms with van der Waals surface area (Å²) in [5, 5.41) is 10.1. The Labute approximate surface area is 150 Å². The van der Waals surface area contributed by atoms with Crippen molar-refractivity contribution >= 4 is 28.8 Å². The van der Waals surface area contributed by atoms with E-state index in [1.165, 1.54) is 0 Å². The number of hydrogen-bond donors (Lipinski definition) is 1. The molecule has 24 heavy (non-hydrogen) atoms. The normalized spacial score (nSPS) is 12.1. The number of rotatable bonds is 5. The minimum absolute atomic E-state index is 0.0308. The maximum atomic E-state index is 12.7. The summed E-state index contributed by atoms with van der Waals surface area (Å²) in [6, 6.07) is 11.4. The molecule has 3 aromatic rings. The fourth-order valence-corrected chi connectivity index (χ4v) is 3.54. The van der Waals surface area contributed by atoms with E-state index < -0.39 is 0 Å². The molecule has 0 spiro atoms. The van der Waals surface area contributed by atoms with E-state index >= 15 is 0 Å². The van der Waals surface area contributed by atoms with Crippen molar-refractivity contribution < 1.29 is 4.79 Å². The number of amides is 1. The van der Waals surface area contributed by atoms with Gasteiger partial charge in [0, 0.05) is 9.90 Å². The highest BCUT2D eigenvalue weighted by Crippen LogP contribution is 2.21. The molecule has 6 heteroatoms. The van der Waals surface area contributed by atoms with E-state index in [1.54, 1.807) is 22.2 Å². The third-order valence-electron chi connectivity index (χ3n) is 3.82. The van der Waals surface area contributed by atoms with Crippen LogP contribution in [0.2, 0.25) is 5.02 Å². The molecule has 1 N–H and O–H groups in total. The summed E-state index contributed by atoms with van der Waals surface area (Å²) in [6.45, 7) is 3.99. The second-order valence-corrected chi connectivity index (χ2v) is 6.88. The number of nitrogens with zero attached hydrogens (tertiary/aromatic N) is 2. The Kier molecular flexibility index (Phi) is 5.02. The molecule has 1 atom stereocenters. The molecule has 4 nitrogen and oxygen atoms in total. The summed E-state index contributed by atoms with van der Waals surface area (Å²) in [6.07, 6.45) is 2.32. The zero-order valence-corrected chi connectivity index (χ0v) is 15.1. The first-order chi connectivity index (χ1) is 11.6. The van der Waals surface area contributed by atoms with Gasteiger partial charge in [-0.05, 0) is 43.0 Å². The Morgan fingerprint density at radius 3 is 2.88 bits per heavy atom. The van der Waals surface area contributed by atoms with Gasteiger partial charge in [0.1, 0.15) is 0 Å². The molecule has 0 radical (unpaired) electrons. The smallest absolute Gasteiger partial charge is 0.255 e. The molecular weight excluding hydrogens is 342 g/mol. The van der Waals surface area contributed by atoms with Gasteiger partial charge in [-0.1, -0.05) is 30.7 Å². The maximum absolute atomic E-state index is 12.7. The summed E-state index contributed by atoms with van der Waals surface area (Å²) >= 11 is 7.70. The zero-order valence-electron chi connectivity index (χ0n) is 13.5. The van der Waals surface area contributed by atoms with Crippen molar-refractivity contribution in [2.24, 2.45) is 0 Å². The second-order valence-electron chi connectivity index (χ2n) is 5.46. The summed E-state index contributed by atoms with van der Waals surface area (Å²) in [5.41, 5.74) is 2.32. The first-order valence-corrected chi connectivity index (χ1v) is 9.03. The average Bonchev–Trinajstić information content (AvgIpc) is 3.24. The third-order valence-corrected chi connectivity index (χ3v) is 5.11. The summed E-state index contributed by atoms with van der Waals surface area (Å²) in [5.74, 6) is -0.110. The van der Waals surface area contributed by atoms with Crippen LogP contribution in [-0.4, -0.2) is 15.7 Å². The highest BCUT2D eigenvalue weighted by atomic mass is 35.5. The van der Waals surface area contributed by atoms with Crippen molar-refractivity contribution in [2.75, 3.05) is 0 Å². The second kappa shape index (κ2) is 7.20. The average molecular weight is 360 g/mol. The van der Waals surface area contributed by atoms with Gasteiger partial charge in [0.05, 0.1) is 29.2 Å². The quantitative estimate of drug-likeness (QED) is 0.721. The van der Waals surface area contributed by atoms with Gasteiger partial charge in [0.25, 0.3) is 5.91 Å². The number of nitrogens with one attached hydrogen (secondary N) is 1. The Hall–Kier alpha value is -2.11. The maximum Gasteiger partial charge on any atom is 0.255 e. The molecular formula is C18H18ClN3OS. The van der Waals surface area contributed by atoms with Crippen molar-refractivity contribution in [3.63, 3.8) is 0 Å². The van der Waals surface area contributed by atoms with Gasteiger partial charge < -0.3 is 5.32 Å². The van der Waals surface area contributed by atoms with Gasteiger partial charge in [0.2, 0.25) is 0 Å². The van der Waals surface area contributed by atoms with E-state index in [0.717, 1.165) is 16.3 Å². The predicted octanol–water partition coefficient (Wildman–Crippen LogP) is 4.64. The highest BCUT2D eigenvalue weighted by molar-refractivity contribution is 7.10. The largest absolute Gasteiger partial charge is 0.345 e. The fraction of sp³-hybridized carbons (Fsp3) is 0.222. The Bertz CT molecular complexity index is 842. The lowest BCUT2D eigenvalue weighted by Crippen LogP contribution is -2.26. The minimum atomic E-state index is -0.110. The molecule has 0 aliphatic heterocycles. The van der Waals surface area contributed by atoms with E-state index in [4.69, 9.17) is 11.6 Å². The molecule has 0 bridgehead atoms. The van der Waals surface area contributed by atoms with Crippen LogP contribution in [0.25, 0.3) is 5.69 Å². The molecule has 0 aliphatic rings. The lowest BCUT2D eigenvalue weighted by molar-refractivity contribution is 0.0939. The topological polar surface area (TPSA) is 46.9 Å². The SMILES string of the molecule is CCc1c(C(=O)NC(C)c2cccs2)cnn1-c1cccc(Cl)c1. The van der Waals surface area contributed by atoms with Gasteiger partial charge in [-0.25, -0.2) is 4.68 Å². The van der Waals surface area contributed by atoms with Crippen LogP contribution >= 0.6 is 22.9 Å². The van der Waals surface area contributed by atoms with Gasteiger partial charge >= 0.3 is 0 Å². The van der Waals surface area contributed by atoms with Crippen molar-refractivity contribution in [3.8, 4) is 5.69 Å². The molecule has 0 saturated heterocycles. The molecule has 0 saturated carbocycles. The lowest BCUT2D eigenvalue weighted by Gasteiger charge is -2.13. The molecule has 1 unspecified atom stereocenters. The highest BCUT2D eigenvalue weighted by Gasteiger charge is 2.19. The summed E-state index contributed by atoms with van der Waals surface area (Å²) in [4.78, 5) is 13.8. The van der Waals surface area contributed by atoms with Crippen molar-refractivity contribution in [1.82, 2.24) is 15.1 Å². The van der Waals surface area contributed by atoms with Gasteiger partial charge in [-0.2, -0.15) is 5.10 Å². The number of benzene rings is 1. The molecule has 1 amide bonds. The summed E-state index contributed by atoms with van der Waals surface area (Å²) < 4.78 is 1.77. The fourth-order valence-electron chi connectivity index (χ4n) is 2.62. The Morgan fingerprint density at radius 2 is 2.21 bits per heavy atom. The molecule has 3 rings (SSSR count). The zero-order chi connectivity index (χ0) is 17.1. The van der Waals surface area contributed by atoms with Crippen LogP contribution in [0.1, 0.15) is 40.8 Å². The van der Waals surface area contributed by atoms with E-state index in [9.17, 15) is 4.79 Å². The lowest BCUT2D eigenvalue weighted by atomic mass is 10.1. The molecule has 2 heterocycles. The van der Waals surface area contributed by atoms with Crippen LogP contribution in [0, 0.1) is 0 Å². The van der Waals surface area contributed by atoms with Gasteiger partial charge in [-0.3, -0.25) is 4.79 Å². The molecule has 0 fully saturated rings.